The Labute approximate surface area is 160 Å². The molecular weight excluding hydrogens is 368 g/mol. The average Bonchev–Trinajstić information content (AvgIpc) is 2.70. The third-order valence-corrected chi connectivity index (χ3v) is 3.87. The van der Waals surface area contributed by atoms with E-state index >= 15 is 0 Å². The van der Waals surface area contributed by atoms with Crippen molar-refractivity contribution in [1.82, 2.24) is 4.98 Å². The van der Waals surface area contributed by atoms with Crippen LogP contribution in [0.3, 0.4) is 0 Å². The summed E-state index contributed by atoms with van der Waals surface area (Å²) >= 11 is 0. The summed E-state index contributed by atoms with van der Waals surface area (Å²) in [6, 6.07) is 9.65. The fraction of sp³-hybridized carbons (Fsp3) is 0.100. The largest absolute Gasteiger partial charge is 0.497 e. The fourth-order valence-corrected chi connectivity index (χ4v) is 2.49. The fourth-order valence-electron chi connectivity index (χ4n) is 2.49. The standard InChI is InChI=1S/C20H17F2N3O3/c1-27-15-4-6-19(28-2)18(9-15)25-20(26)12-7-14(11-23-10-12)24-17-5-3-13(21)8-16(17)22/h3-11,24H,1-2H3,(H,25,26). The van der Waals surface area contributed by atoms with Gasteiger partial charge in [-0.3, -0.25) is 9.78 Å². The molecule has 1 heterocycles. The Bertz CT molecular complexity index is 1010. The highest BCUT2D eigenvalue weighted by atomic mass is 19.1. The van der Waals surface area contributed by atoms with Crippen LogP contribution in [0.4, 0.5) is 25.8 Å². The van der Waals surface area contributed by atoms with Gasteiger partial charge in [-0.1, -0.05) is 0 Å². The Morgan fingerprint density at radius 3 is 2.50 bits per heavy atom. The van der Waals surface area contributed by atoms with Crippen LogP contribution in [0.25, 0.3) is 0 Å². The van der Waals surface area contributed by atoms with Crippen LogP contribution in [-0.2, 0) is 0 Å². The SMILES string of the molecule is COc1ccc(OC)c(NC(=O)c2cncc(Nc3ccc(F)cc3F)c2)c1. The molecule has 0 aliphatic carbocycles. The normalized spacial score (nSPS) is 10.3. The summed E-state index contributed by atoms with van der Waals surface area (Å²) < 4.78 is 37.2. The lowest BCUT2D eigenvalue weighted by Gasteiger charge is -2.12. The average molecular weight is 385 g/mol. The number of hydrogen-bond acceptors (Lipinski definition) is 5. The lowest BCUT2D eigenvalue weighted by atomic mass is 10.2. The number of nitrogens with one attached hydrogen (secondary N) is 2. The number of pyridine rings is 1. The van der Waals surface area contributed by atoms with Crippen molar-refractivity contribution < 1.29 is 23.0 Å². The molecule has 28 heavy (non-hydrogen) atoms. The maximum Gasteiger partial charge on any atom is 0.257 e. The number of hydrogen-bond donors (Lipinski definition) is 2. The number of benzene rings is 2. The lowest BCUT2D eigenvalue weighted by molar-refractivity contribution is 0.102. The van der Waals surface area contributed by atoms with Crippen molar-refractivity contribution in [3.63, 3.8) is 0 Å². The zero-order valence-electron chi connectivity index (χ0n) is 15.1. The maximum absolute atomic E-state index is 13.8. The second kappa shape index (κ2) is 8.34. The summed E-state index contributed by atoms with van der Waals surface area (Å²) in [5, 5.41) is 5.50. The third kappa shape index (κ3) is 4.35. The number of nitrogens with zero attached hydrogens (tertiary/aromatic N) is 1. The Balaban J connectivity index is 1.81. The van der Waals surface area contributed by atoms with Gasteiger partial charge in [0.2, 0.25) is 0 Å². The summed E-state index contributed by atoms with van der Waals surface area (Å²) in [5.74, 6) is -0.860. The van der Waals surface area contributed by atoms with E-state index in [2.05, 4.69) is 15.6 Å². The Morgan fingerprint density at radius 2 is 1.79 bits per heavy atom. The second-order valence-corrected chi connectivity index (χ2v) is 5.73. The maximum atomic E-state index is 13.8. The van der Waals surface area contributed by atoms with E-state index in [4.69, 9.17) is 9.47 Å². The summed E-state index contributed by atoms with van der Waals surface area (Å²) in [4.78, 5) is 16.6. The first-order chi connectivity index (χ1) is 13.5. The molecule has 1 amide bonds. The molecule has 3 aromatic rings. The molecule has 0 radical (unpaired) electrons. The molecule has 0 atom stereocenters. The number of rotatable bonds is 6. The van der Waals surface area contributed by atoms with Crippen molar-refractivity contribution in [2.45, 2.75) is 0 Å². The first kappa shape index (κ1) is 19.1. The highest BCUT2D eigenvalue weighted by molar-refractivity contribution is 6.05. The van der Waals surface area contributed by atoms with Crippen molar-refractivity contribution in [3.8, 4) is 11.5 Å². The van der Waals surface area contributed by atoms with E-state index in [0.717, 1.165) is 12.1 Å². The summed E-state index contributed by atoms with van der Waals surface area (Å²) in [6.45, 7) is 0. The van der Waals surface area contributed by atoms with Crippen LogP contribution < -0.4 is 20.1 Å². The minimum Gasteiger partial charge on any atom is -0.497 e. The number of carbonyl (C=O) groups excluding carboxylic acids is 1. The molecule has 0 fully saturated rings. The molecule has 1 aromatic heterocycles. The molecule has 0 aliphatic heterocycles. The van der Waals surface area contributed by atoms with Gasteiger partial charge in [0.25, 0.3) is 5.91 Å². The minimum absolute atomic E-state index is 0.0650. The van der Waals surface area contributed by atoms with E-state index in [1.165, 1.54) is 38.7 Å². The van der Waals surface area contributed by atoms with Crippen molar-refractivity contribution in [3.05, 3.63) is 72.1 Å². The van der Waals surface area contributed by atoms with E-state index in [9.17, 15) is 13.6 Å². The Morgan fingerprint density at radius 1 is 0.964 bits per heavy atom. The monoisotopic (exact) mass is 385 g/mol. The van der Waals surface area contributed by atoms with Crippen LogP contribution in [0.1, 0.15) is 10.4 Å². The van der Waals surface area contributed by atoms with Crippen LogP contribution in [0.5, 0.6) is 11.5 Å². The lowest BCUT2D eigenvalue weighted by Crippen LogP contribution is -2.13. The van der Waals surface area contributed by atoms with Gasteiger partial charge in [0.1, 0.15) is 23.1 Å². The molecule has 0 spiro atoms. The van der Waals surface area contributed by atoms with Crippen molar-refractivity contribution in [2.24, 2.45) is 0 Å². The van der Waals surface area contributed by atoms with Gasteiger partial charge in [-0.05, 0) is 30.3 Å². The van der Waals surface area contributed by atoms with Crippen LogP contribution in [-0.4, -0.2) is 25.1 Å². The van der Waals surface area contributed by atoms with E-state index in [1.54, 1.807) is 18.2 Å². The number of methoxy groups -OCH3 is 2. The molecule has 6 nitrogen and oxygen atoms in total. The topological polar surface area (TPSA) is 72.5 Å². The van der Waals surface area contributed by atoms with E-state index in [-0.39, 0.29) is 11.3 Å². The molecule has 2 aromatic carbocycles. The van der Waals surface area contributed by atoms with Gasteiger partial charge in [-0.25, -0.2) is 8.78 Å². The van der Waals surface area contributed by atoms with Crippen LogP contribution >= 0.6 is 0 Å². The van der Waals surface area contributed by atoms with Crippen LogP contribution in [0.15, 0.2) is 54.9 Å². The van der Waals surface area contributed by atoms with E-state index < -0.39 is 17.5 Å². The quantitative estimate of drug-likeness (QED) is 0.659. The Hall–Kier alpha value is -3.68. The van der Waals surface area contributed by atoms with Gasteiger partial charge in [0, 0.05) is 18.3 Å². The predicted octanol–water partition coefficient (Wildman–Crippen LogP) is 4.37. The number of ether oxygens (including phenoxy) is 2. The van der Waals surface area contributed by atoms with Crippen LogP contribution in [0, 0.1) is 11.6 Å². The van der Waals surface area contributed by atoms with E-state index in [0.29, 0.717) is 22.9 Å². The van der Waals surface area contributed by atoms with Crippen LogP contribution in [0.2, 0.25) is 0 Å². The molecule has 2 N–H and O–H groups in total. The highest BCUT2D eigenvalue weighted by Gasteiger charge is 2.13. The molecule has 0 saturated heterocycles. The second-order valence-electron chi connectivity index (χ2n) is 5.73. The number of anilines is 3. The zero-order chi connectivity index (χ0) is 20.1. The van der Waals surface area contributed by atoms with Gasteiger partial charge < -0.3 is 20.1 Å². The molecular formula is C20H17F2N3O3. The van der Waals surface area contributed by atoms with E-state index in [1.807, 2.05) is 0 Å². The number of carbonyl (C=O) groups is 1. The number of halogens is 2. The molecule has 0 saturated carbocycles. The first-order valence-corrected chi connectivity index (χ1v) is 8.20. The van der Waals surface area contributed by atoms with Gasteiger partial charge in [0.15, 0.2) is 0 Å². The summed E-state index contributed by atoms with van der Waals surface area (Å²) in [7, 11) is 3.00. The van der Waals surface area contributed by atoms with Gasteiger partial charge in [-0.2, -0.15) is 0 Å². The molecule has 0 unspecified atom stereocenters. The highest BCUT2D eigenvalue weighted by Crippen LogP contribution is 2.29. The molecule has 8 heteroatoms. The minimum atomic E-state index is -0.754. The smallest absolute Gasteiger partial charge is 0.257 e. The first-order valence-electron chi connectivity index (χ1n) is 8.20. The van der Waals surface area contributed by atoms with Crippen molar-refractivity contribution >= 4 is 23.0 Å². The third-order valence-electron chi connectivity index (χ3n) is 3.87. The van der Waals surface area contributed by atoms with Crippen molar-refractivity contribution in [1.29, 1.82) is 0 Å². The van der Waals surface area contributed by atoms with Gasteiger partial charge >= 0.3 is 0 Å². The molecule has 0 aliphatic rings. The summed E-state index contributed by atoms with van der Waals surface area (Å²) in [6.07, 6.45) is 2.79. The molecule has 3 rings (SSSR count). The van der Waals surface area contributed by atoms with Gasteiger partial charge in [-0.15, -0.1) is 0 Å². The van der Waals surface area contributed by atoms with Gasteiger partial charge in [0.05, 0.1) is 43.0 Å². The Kier molecular flexibility index (Phi) is 5.69. The predicted molar refractivity (Wildman–Crippen MR) is 101 cm³/mol. The molecule has 0 bridgehead atoms. The molecule has 144 valence electrons. The number of amides is 1. The summed E-state index contributed by atoms with van der Waals surface area (Å²) in [5.41, 5.74) is 1.10. The van der Waals surface area contributed by atoms with Crippen molar-refractivity contribution in [2.75, 3.05) is 24.9 Å². The zero-order valence-corrected chi connectivity index (χ0v) is 15.1. The number of aromatic nitrogens is 1.